The first-order valence-corrected chi connectivity index (χ1v) is 12.9. The fourth-order valence-corrected chi connectivity index (χ4v) is 4.51. The van der Waals surface area contributed by atoms with Gasteiger partial charge in [0.2, 0.25) is 0 Å². The first-order chi connectivity index (χ1) is 18.5. The maximum Gasteiger partial charge on any atom is 0.338 e. The van der Waals surface area contributed by atoms with Gasteiger partial charge >= 0.3 is 17.9 Å². The average Bonchev–Trinajstić information content (AvgIpc) is 3.29. The van der Waals surface area contributed by atoms with E-state index in [1.807, 2.05) is 19.1 Å². The van der Waals surface area contributed by atoms with Gasteiger partial charge in [-0.15, -0.1) is 0 Å². The van der Waals surface area contributed by atoms with Crippen molar-refractivity contribution >= 4 is 17.9 Å². The van der Waals surface area contributed by atoms with E-state index in [2.05, 4.69) is 37.4 Å². The highest BCUT2D eigenvalue weighted by Gasteiger charge is 2.24. The highest BCUT2D eigenvalue weighted by atomic mass is 16.5. The highest BCUT2D eigenvalue weighted by Crippen LogP contribution is 2.35. The number of hydrogen-bond acceptors (Lipinski definition) is 6. The molecule has 0 N–H and O–H groups in total. The predicted molar refractivity (Wildman–Crippen MR) is 151 cm³/mol. The van der Waals surface area contributed by atoms with E-state index in [1.54, 1.807) is 32.9 Å². The largest absolute Gasteiger partial charge is 0.462 e. The molecule has 200 valence electrons. The molecule has 1 aliphatic carbocycles. The molecule has 3 aromatic carbocycles. The van der Waals surface area contributed by atoms with Gasteiger partial charge in [-0.25, -0.2) is 9.59 Å². The Labute approximate surface area is 228 Å². The van der Waals surface area contributed by atoms with Crippen molar-refractivity contribution in [1.82, 2.24) is 0 Å². The van der Waals surface area contributed by atoms with E-state index in [-0.39, 0.29) is 34.7 Å². The zero-order valence-corrected chi connectivity index (χ0v) is 22.8. The van der Waals surface area contributed by atoms with Gasteiger partial charge in [0.05, 0.1) is 0 Å². The van der Waals surface area contributed by atoms with Crippen molar-refractivity contribution in [1.29, 1.82) is 0 Å². The lowest BCUT2D eigenvalue weighted by Gasteiger charge is -2.14. The van der Waals surface area contributed by atoms with Gasteiger partial charge < -0.3 is 14.2 Å². The second-order valence-corrected chi connectivity index (χ2v) is 9.92. The Balaban J connectivity index is 1.64. The maximum atomic E-state index is 12.2. The molecule has 0 saturated heterocycles. The van der Waals surface area contributed by atoms with E-state index in [0.29, 0.717) is 12.8 Å². The van der Waals surface area contributed by atoms with Gasteiger partial charge in [0.1, 0.15) is 17.6 Å². The van der Waals surface area contributed by atoms with Crippen molar-refractivity contribution in [2.75, 3.05) is 0 Å². The summed E-state index contributed by atoms with van der Waals surface area (Å²) in [4.78, 5) is 36.1. The van der Waals surface area contributed by atoms with Gasteiger partial charge in [-0.05, 0) is 71.8 Å². The Kier molecular flexibility index (Phi) is 8.15. The Hall–Kier alpha value is -4.45. The lowest BCUT2D eigenvalue weighted by atomic mass is 9.94. The summed E-state index contributed by atoms with van der Waals surface area (Å²) in [6.07, 6.45) is 1.73. The van der Waals surface area contributed by atoms with Gasteiger partial charge in [-0.2, -0.15) is 0 Å². The minimum absolute atomic E-state index is 0.105. The van der Waals surface area contributed by atoms with Crippen LogP contribution in [0.1, 0.15) is 43.9 Å². The molecule has 0 fully saturated rings. The molecule has 1 unspecified atom stereocenters. The molecule has 0 amide bonds. The quantitative estimate of drug-likeness (QED) is 0.185. The van der Waals surface area contributed by atoms with Crippen molar-refractivity contribution in [2.24, 2.45) is 0 Å². The fourth-order valence-electron chi connectivity index (χ4n) is 4.51. The molecule has 0 aromatic heterocycles. The Morgan fingerprint density at radius 2 is 1.33 bits per heavy atom. The Morgan fingerprint density at radius 3 is 1.90 bits per heavy atom. The number of aryl methyl sites for hydroxylation is 1. The summed E-state index contributed by atoms with van der Waals surface area (Å²) in [5.74, 6) is -0.828. The van der Waals surface area contributed by atoms with Crippen LogP contribution in [-0.2, 0) is 32.0 Å². The number of carbonyl (C=O) groups is 3. The molecular formula is C33H32O6. The van der Waals surface area contributed by atoms with E-state index < -0.39 is 11.9 Å². The summed E-state index contributed by atoms with van der Waals surface area (Å²) >= 11 is 0. The molecule has 3 aromatic rings. The van der Waals surface area contributed by atoms with Crippen LogP contribution in [-0.4, -0.2) is 24.0 Å². The summed E-state index contributed by atoms with van der Waals surface area (Å²) < 4.78 is 16.5. The average molecular weight is 525 g/mol. The zero-order chi connectivity index (χ0) is 28.3. The predicted octanol–water partition coefficient (Wildman–Crippen LogP) is 6.71. The first kappa shape index (κ1) is 27.6. The van der Waals surface area contributed by atoms with Crippen molar-refractivity contribution in [3.8, 4) is 33.8 Å². The molecular weight excluding hydrogens is 492 g/mol. The van der Waals surface area contributed by atoms with E-state index in [9.17, 15) is 14.4 Å². The minimum atomic E-state index is -0.570. The lowest BCUT2D eigenvalue weighted by molar-refractivity contribution is -0.148. The van der Waals surface area contributed by atoms with Crippen LogP contribution in [0.3, 0.4) is 0 Å². The molecule has 1 aliphatic rings. The van der Waals surface area contributed by atoms with Crippen LogP contribution < -0.4 is 9.47 Å². The van der Waals surface area contributed by atoms with Gasteiger partial charge in [0, 0.05) is 36.5 Å². The number of fused-ring (bicyclic) bond motifs is 1. The van der Waals surface area contributed by atoms with Gasteiger partial charge in [-0.3, -0.25) is 4.79 Å². The maximum absolute atomic E-state index is 12.2. The lowest BCUT2D eigenvalue weighted by Crippen LogP contribution is -2.17. The number of hydrogen-bond donors (Lipinski definition) is 0. The summed E-state index contributed by atoms with van der Waals surface area (Å²) in [5, 5.41) is 0. The van der Waals surface area contributed by atoms with Gasteiger partial charge in [0.25, 0.3) is 0 Å². The van der Waals surface area contributed by atoms with Crippen molar-refractivity contribution in [2.45, 2.75) is 53.1 Å². The van der Waals surface area contributed by atoms with Crippen molar-refractivity contribution in [3.63, 3.8) is 0 Å². The van der Waals surface area contributed by atoms with Crippen molar-refractivity contribution in [3.05, 3.63) is 95.6 Å². The fraction of sp³-hybridized carbons (Fsp3) is 0.242. The molecule has 6 heteroatoms. The summed E-state index contributed by atoms with van der Waals surface area (Å²) in [5.41, 5.74) is 7.65. The summed E-state index contributed by atoms with van der Waals surface area (Å²) in [6, 6.07) is 17.4. The van der Waals surface area contributed by atoms with Gasteiger partial charge in [-0.1, -0.05) is 56.5 Å². The van der Waals surface area contributed by atoms with E-state index in [0.717, 1.165) is 34.2 Å². The van der Waals surface area contributed by atoms with Crippen LogP contribution >= 0.6 is 0 Å². The number of carbonyl (C=O) groups excluding carboxylic acids is 3. The topological polar surface area (TPSA) is 78.9 Å². The van der Waals surface area contributed by atoms with Crippen LogP contribution in [0.2, 0.25) is 0 Å². The molecule has 0 aliphatic heterocycles. The molecule has 0 heterocycles. The molecule has 1 atom stereocenters. The smallest absolute Gasteiger partial charge is 0.338 e. The molecule has 6 nitrogen and oxygen atoms in total. The standard InChI is InChI=1S/C33H32O6/c1-7-31(34)37-27-14-24-9-8-23(13-25(24)15-27)22-10-11-30(21(6)12-22)26-16-28(38-32(35)19(2)3)18-29(17-26)39-33(36)20(4)5/h8-13,16-18,27H,2,4,7,14-15H2,1,3,5-6H3. The van der Waals surface area contributed by atoms with E-state index in [4.69, 9.17) is 14.2 Å². The molecule has 0 saturated carbocycles. The van der Waals surface area contributed by atoms with Crippen LogP contribution in [0.25, 0.3) is 22.3 Å². The minimum Gasteiger partial charge on any atom is -0.462 e. The number of ether oxygens (including phenoxy) is 3. The number of benzene rings is 3. The monoisotopic (exact) mass is 524 g/mol. The second-order valence-electron chi connectivity index (χ2n) is 9.92. The van der Waals surface area contributed by atoms with Crippen LogP contribution in [0.15, 0.2) is 78.9 Å². The molecule has 0 spiro atoms. The second kappa shape index (κ2) is 11.5. The SMILES string of the molecule is C=C(C)C(=O)Oc1cc(OC(=O)C(=C)C)cc(-c2ccc(-c3ccc4c(c3)CC(OC(=O)CC)C4)cc2C)c1. The molecule has 0 bridgehead atoms. The first-order valence-electron chi connectivity index (χ1n) is 12.9. The summed E-state index contributed by atoms with van der Waals surface area (Å²) in [6.45, 7) is 14.2. The normalized spacial score (nSPS) is 13.8. The third kappa shape index (κ3) is 6.52. The molecule has 0 radical (unpaired) electrons. The van der Waals surface area contributed by atoms with Crippen LogP contribution in [0.4, 0.5) is 0 Å². The summed E-state index contributed by atoms with van der Waals surface area (Å²) in [7, 11) is 0. The van der Waals surface area contributed by atoms with Crippen molar-refractivity contribution < 1.29 is 28.6 Å². The third-order valence-corrected chi connectivity index (χ3v) is 6.56. The van der Waals surface area contributed by atoms with Crippen LogP contribution in [0.5, 0.6) is 11.5 Å². The highest BCUT2D eigenvalue weighted by molar-refractivity contribution is 5.90. The van der Waals surface area contributed by atoms with Gasteiger partial charge in [0.15, 0.2) is 0 Å². The Morgan fingerprint density at radius 1 is 0.769 bits per heavy atom. The van der Waals surface area contributed by atoms with E-state index in [1.165, 1.54) is 17.2 Å². The van der Waals surface area contributed by atoms with E-state index >= 15 is 0 Å². The zero-order valence-electron chi connectivity index (χ0n) is 22.8. The molecule has 39 heavy (non-hydrogen) atoms. The number of esters is 3. The molecule has 4 rings (SSSR count). The number of rotatable bonds is 8. The van der Waals surface area contributed by atoms with Crippen LogP contribution in [0, 0.1) is 6.92 Å². The third-order valence-electron chi connectivity index (χ3n) is 6.56. The Bertz CT molecular complexity index is 1450.